The Labute approximate surface area is 156 Å². The van der Waals surface area contributed by atoms with Crippen molar-refractivity contribution in [3.63, 3.8) is 0 Å². The Morgan fingerprint density at radius 2 is 1.59 bits per heavy atom. The number of carbonyl (C=O) groups excluding carboxylic acids is 1. The van der Waals surface area contributed by atoms with E-state index >= 15 is 0 Å². The molecule has 1 heterocycles. The number of benzene rings is 2. The Kier molecular flexibility index (Phi) is 5.51. The van der Waals surface area contributed by atoms with Crippen LogP contribution in [0.3, 0.4) is 0 Å². The van der Waals surface area contributed by atoms with E-state index in [1.54, 1.807) is 30.3 Å². The first-order chi connectivity index (χ1) is 13.2. The summed E-state index contributed by atoms with van der Waals surface area (Å²) >= 11 is 0. The molecule has 0 amide bonds. The third-order valence-electron chi connectivity index (χ3n) is 3.85. The molecule has 0 saturated carbocycles. The highest BCUT2D eigenvalue weighted by Gasteiger charge is 2.15. The average molecular weight is 365 g/mol. The van der Waals surface area contributed by atoms with Gasteiger partial charge >= 0.3 is 0 Å². The average Bonchev–Trinajstić information content (AvgIpc) is 2.73. The third-order valence-corrected chi connectivity index (χ3v) is 3.85. The van der Waals surface area contributed by atoms with Gasteiger partial charge in [0.1, 0.15) is 5.69 Å². The van der Waals surface area contributed by atoms with E-state index in [0.717, 1.165) is 0 Å². The first kappa shape index (κ1) is 18.2. The Balaban J connectivity index is 1.90. The molecular weight excluding hydrogens is 346 g/mol. The summed E-state index contributed by atoms with van der Waals surface area (Å²) in [6.07, 6.45) is 1.53. The second kappa shape index (κ2) is 8.18. The van der Waals surface area contributed by atoms with Crippen molar-refractivity contribution in [2.45, 2.75) is 0 Å². The number of aromatic nitrogens is 2. The van der Waals surface area contributed by atoms with Gasteiger partial charge in [0.05, 0.1) is 21.3 Å². The molecule has 0 radical (unpaired) electrons. The fourth-order valence-corrected chi connectivity index (χ4v) is 2.57. The van der Waals surface area contributed by atoms with Gasteiger partial charge in [-0.1, -0.05) is 30.3 Å². The third kappa shape index (κ3) is 3.98. The molecule has 0 unspecified atom stereocenters. The molecule has 138 valence electrons. The SMILES string of the molecule is COc1cc(Nc2nccc(C(=O)c3ccccc3)n2)cc(OC)c1OC. The molecule has 0 spiro atoms. The maximum absolute atomic E-state index is 12.6. The highest BCUT2D eigenvalue weighted by Crippen LogP contribution is 2.40. The van der Waals surface area contributed by atoms with Gasteiger partial charge in [0, 0.05) is 29.6 Å². The zero-order chi connectivity index (χ0) is 19.2. The summed E-state index contributed by atoms with van der Waals surface area (Å²) in [6, 6.07) is 14.0. The molecule has 7 heteroatoms. The molecule has 3 rings (SSSR count). The highest BCUT2D eigenvalue weighted by molar-refractivity contribution is 6.07. The van der Waals surface area contributed by atoms with Crippen molar-refractivity contribution in [2.24, 2.45) is 0 Å². The Morgan fingerprint density at radius 1 is 0.926 bits per heavy atom. The topological polar surface area (TPSA) is 82.6 Å². The molecule has 0 aliphatic heterocycles. The fraction of sp³-hybridized carbons (Fsp3) is 0.150. The molecule has 0 aliphatic carbocycles. The molecule has 27 heavy (non-hydrogen) atoms. The molecule has 2 aromatic carbocycles. The summed E-state index contributed by atoms with van der Waals surface area (Å²) in [6.45, 7) is 0. The van der Waals surface area contributed by atoms with Gasteiger partial charge in [-0.2, -0.15) is 0 Å². The van der Waals surface area contributed by atoms with Gasteiger partial charge in [0.25, 0.3) is 0 Å². The molecule has 0 aliphatic rings. The number of ketones is 1. The number of nitrogens with one attached hydrogen (secondary N) is 1. The molecule has 0 fully saturated rings. The van der Waals surface area contributed by atoms with Gasteiger partial charge in [0.2, 0.25) is 17.5 Å². The van der Waals surface area contributed by atoms with Crippen LogP contribution >= 0.6 is 0 Å². The van der Waals surface area contributed by atoms with Crippen molar-refractivity contribution in [3.8, 4) is 17.2 Å². The number of anilines is 2. The minimum Gasteiger partial charge on any atom is -0.493 e. The zero-order valence-electron chi connectivity index (χ0n) is 15.2. The van der Waals surface area contributed by atoms with Crippen molar-refractivity contribution in [1.29, 1.82) is 0 Å². The number of carbonyl (C=O) groups is 1. The van der Waals surface area contributed by atoms with E-state index in [0.29, 0.717) is 34.2 Å². The lowest BCUT2D eigenvalue weighted by Crippen LogP contribution is -2.07. The van der Waals surface area contributed by atoms with Gasteiger partial charge in [-0.25, -0.2) is 9.97 Å². The predicted molar refractivity (Wildman–Crippen MR) is 101 cm³/mol. The Bertz CT molecular complexity index is 920. The second-order valence-electron chi connectivity index (χ2n) is 5.50. The quantitative estimate of drug-likeness (QED) is 0.642. The van der Waals surface area contributed by atoms with E-state index in [1.165, 1.54) is 27.5 Å². The lowest BCUT2D eigenvalue weighted by molar-refractivity contribution is 0.103. The van der Waals surface area contributed by atoms with Crippen molar-refractivity contribution < 1.29 is 19.0 Å². The monoisotopic (exact) mass is 365 g/mol. The predicted octanol–water partition coefficient (Wildman–Crippen LogP) is 3.48. The molecule has 0 atom stereocenters. The molecule has 3 aromatic rings. The first-order valence-electron chi connectivity index (χ1n) is 8.16. The summed E-state index contributed by atoms with van der Waals surface area (Å²) in [7, 11) is 4.61. The van der Waals surface area contributed by atoms with Gasteiger partial charge in [0.15, 0.2) is 11.5 Å². The van der Waals surface area contributed by atoms with E-state index in [1.807, 2.05) is 18.2 Å². The fourth-order valence-electron chi connectivity index (χ4n) is 2.57. The van der Waals surface area contributed by atoms with Crippen LogP contribution in [-0.4, -0.2) is 37.1 Å². The summed E-state index contributed by atoms with van der Waals surface area (Å²) in [5, 5.41) is 3.06. The van der Waals surface area contributed by atoms with Crippen LogP contribution in [0, 0.1) is 0 Å². The maximum Gasteiger partial charge on any atom is 0.227 e. The molecule has 1 N–H and O–H groups in total. The number of hydrogen-bond acceptors (Lipinski definition) is 7. The van der Waals surface area contributed by atoms with Crippen molar-refractivity contribution in [2.75, 3.05) is 26.6 Å². The van der Waals surface area contributed by atoms with Gasteiger partial charge in [-0.3, -0.25) is 4.79 Å². The van der Waals surface area contributed by atoms with Crippen molar-refractivity contribution >= 4 is 17.4 Å². The first-order valence-corrected chi connectivity index (χ1v) is 8.16. The molecule has 1 aromatic heterocycles. The van der Waals surface area contributed by atoms with Crippen LogP contribution in [0.25, 0.3) is 0 Å². The number of rotatable bonds is 7. The number of ether oxygens (including phenoxy) is 3. The van der Waals surface area contributed by atoms with Crippen LogP contribution in [0.15, 0.2) is 54.7 Å². The highest BCUT2D eigenvalue weighted by atomic mass is 16.5. The van der Waals surface area contributed by atoms with E-state index in [9.17, 15) is 4.79 Å². The zero-order valence-corrected chi connectivity index (χ0v) is 15.2. The van der Waals surface area contributed by atoms with Gasteiger partial charge in [-0.05, 0) is 6.07 Å². The van der Waals surface area contributed by atoms with Crippen LogP contribution in [0.4, 0.5) is 11.6 Å². The molecular formula is C20H19N3O4. The van der Waals surface area contributed by atoms with E-state index in [-0.39, 0.29) is 11.7 Å². The minimum atomic E-state index is -0.175. The summed E-state index contributed by atoms with van der Waals surface area (Å²) < 4.78 is 16.0. The largest absolute Gasteiger partial charge is 0.493 e. The van der Waals surface area contributed by atoms with Crippen LogP contribution in [-0.2, 0) is 0 Å². The lowest BCUT2D eigenvalue weighted by Gasteiger charge is -2.14. The molecule has 0 bridgehead atoms. The number of hydrogen-bond donors (Lipinski definition) is 1. The summed E-state index contributed by atoms with van der Waals surface area (Å²) in [5.41, 5.74) is 1.50. The molecule has 7 nitrogen and oxygen atoms in total. The van der Waals surface area contributed by atoms with Crippen LogP contribution in [0.5, 0.6) is 17.2 Å². The second-order valence-corrected chi connectivity index (χ2v) is 5.50. The summed E-state index contributed by atoms with van der Waals surface area (Å²) in [4.78, 5) is 21.1. The smallest absolute Gasteiger partial charge is 0.227 e. The number of nitrogens with zero attached hydrogens (tertiary/aromatic N) is 2. The van der Waals surface area contributed by atoms with E-state index < -0.39 is 0 Å². The van der Waals surface area contributed by atoms with Gasteiger partial charge in [-0.15, -0.1) is 0 Å². The van der Waals surface area contributed by atoms with Crippen LogP contribution in [0.2, 0.25) is 0 Å². The Morgan fingerprint density at radius 3 is 2.19 bits per heavy atom. The van der Waals surface area contributed by atoms with E-state index in [4.69, 9.17) is 14.2 Å². The minimum absolute atomic E-state index is 0.175. The van der Waals surface area contributed by atoms with Crippen LogP contribution in [0.1, 0.15) is 16.1 Å². The standard InChI is InChI=1S/C20H19N3O4/c1-25-16-11-14(12-17(26-2)19(16)27-3)22-20-21-10-9-15(23-20)18(24)13-7-5-4-6-8-13/h4-12H,1-3H3,(H,21,22,23). The lowest BCUT2D eigenvalue weighted by atomic mass is 10.1. The Hall–Kier alpha value is -3.61. The van der Waals surface area contributed by atoms with Gasteiger partial charge < -0.3 is 19.5 Å². The van der Waals surface area contributed by atoms with Crippen molar-refractivity contribution in [1.82, 2.24) is 9.97 Å². The normalized spacial score (nSPS) is 10.2. The van der Waals surface area contributed by atoms with E-state index in [2.05, 4.69) is 15.3 Å². The summed E-state index contributed by atoms with van der Waals surface area (Å²) in [5.74, 6) is 1.59. The number of methoxy groups -OCH3 is 3. The van der Waals surface area contributed by atoms with Crippen LogP contribution < -0.4 is 19.5 Å². The maximum atomic E-state index is 12.6. The van der Waals surface area contributed by atoms with Crippen molar-refractivity contribution in [3.05, 3.63) is 66.0 Å². The molecule has 0 saturated heterocycles.